The lowest BCUT2D eigenvalue weighted by Crippen LogP contribution is -2.60. The highest BCUT2D eigenvalue weighted by Gasteiger charge is 2.44. The Hall–Kier alpha value is -0.650. The van der Waals surface area contributed by atoms with Crippen molar-refractivity contribution in [2.24, 2.45) is 0 Å². The van der Waals surface area contributed by atoms with Gasteiger partial charge in [0.15, 0.2) is 0 Å². The molecule has 0 aromatic heterocycles. The van der Waals surface area contributed by atoms with E-state index in [1.54, 1.807) is 0 Å². The molecule has 0 atom stereocenters. The summed E-state index contributed by atoms with van der Waals surface area (Å²) in [6.45, 7) is 9.97. The molecule has 0 bridgehead atoms. The lowest BCUT2D eigenvalue weighted by atomic mass is 9.80. The highest BCUT2D eigenvalue weighted by molar-refractivity contribution is 5.66. The number of unbranched alkanes of at least 4 members (excludes halogenated alkanes) is 6. The molecule has 1 heterocycles. The third-order valence-electron chi connectivity index (χ3n) is 4.61. The average Bonchev–Trinajstić information content (AvgIpc) is 2.43. The zero-order chi connectivity index (χ0) is 18.8. The number of rotatable bonds is 8. The second kappa shape index (κ2) is 11.1. The minimum Gasteiger partial charge on any atom is -0.481 e. The van der Waals surface area contributed by atoms with Gasteiger partial charge < -0.3 is 15.4 Å². The molecule has 0 aromatic carbocycles. The highest BCUT2D eigenvalue weighted by Crippen LogP contribution is 2.36. The molecule has 3 N–H and O–H groups in total. The minimum atomic E-state index is -0.663. The minimum absolute atomic E-state index is 0.293. The predicted octanol–water partition coefficient (Wildman–Crippen LogP) is 4.60. The van der Waals surface area contributed by atoms with Gasteiger partial charge in [0.1, 0.15) is 0 Å². The van der Waals surface area contributed by atoms with Gasteiger partial charge in [0.05, 0.1) is 6.10 Å². The molecule has 0 unspecified atom stereocenters. The van der Waals surface area contributed by atoms with Gasteiger partial charge in [-0.2, -0.15) is 5.06 Å². The normalized spacial score (nSPS) is 20.3. The van der Waals surface area contributed by atoms with Crippen LogP contribution in [0, 0.1) is 0 Å². The summed E-state index contributed by atoms with van der Waals surface area (Å²) in [6, 6.07) is 0. The first kappa shape index (κ1) is 23.4. The monoisotopic (exact) mass is 345 g/mol. The van der Waals surface area contributed by atoms with E-state index in [9.17, 15) is 15.1 Å². The summed E-state index contributed by atoms with van der Waals surface area (Å²) >= 11 is 0. The number of carbonyl (C=O) groups is 1. The second-order valence-electron chi connectivity index (χ2n) is 8.26. The molecule has 0 radical (unpaired) electrons. The van der Waals surface area contributed by atoms with Crippen LogP contribution < -0.4 is 0 Å². The van der Waals surface area contributed by atoms with Crippen molar-refractivity contribution in [1.82, 2.24) is 5.06 Å². The van der Waals surface area contributed by atoms with Gasteiger partial charge in [-0.15, -0.1) is 0 Å². The molecule has 1 rings (SSSR count). The fourth-order valence-corrected chi connectivity index (χ4v) is 3.45. The SMILES string of the molecule is CC1(C)CC(O)CC(C)(C)N1O.CCCCCCCCCC(=O)O. The molecule has 0 saturated carbocycles. The summed E-state index contributed by atoms with van der Waals surface area (Å²) < 4.78 is 0. The number of nitrogens with zero attached hydrogens (tertiary/aromatic N) is 1. The van der Waals surface area contributed by atoms with Crippen LogP contribution in [0.15, 0.2) is 0 Å². The zero-order valence-corrected chi connectivity index (χ0v) is 16.3. The molecule has 0 aliphatic carbocycles. The molecule has 0 aromatic rings. The Kier molecular flexibility index (Phi) is 10.8. The van der Waals surface area contributed by atoms with Gasteiger partial charge in [0, 0.05) is 17.5 Å². The van der Waals surface area contributed by atoms with Gasteiger partial charge in [0.2, 0.25) is 0 Å². The van der Waals surface area contributed by atoms with Crippen LogP contribution in [0.25, 0.3) is 0 Å². The molecule has 0 amide bonds. The van der Waals surface area contributed by atoms with E-state index in [2.05, 4.69) is 6.92 Å². The van der Waals surface area contributed by atoms with Crippen LogP contribution in [-0.2, 0) is 4.79 Å². The van der Waals surface area contributed by atoms with Gasteiger partial charge >= 0.3 is 5.97 Å². The number of hydroxylamine groups is 2. The summed E-state index contributed by atoms with van der Waals surface area (Å²) in [6.07, 6.45) is 9.61. The van der Waals surface area contributed by atoms with E-state index in [1.807, 2.05) is 27.7 Å². The molecular formula is C19H39NO4. The number of aliphatic carboxylic acids is 1. The van der Waals surface area contributed by atoms with Gasteiger partial charge in [-0.25, -0.2) is 0 Å². The lowest BCUT2D eigenvalue weighted by Gasteiger charge is -2.50. The van der Waals surface area contributed by atoms with Gasteiger partial charge in [-0.1, -0.05) is 45.4 Å². The molecule has 1 saturated heterocycles. The molecule has 5 nitrogen and oxygen atoms in total. The molecule has 0 spiro atoms. The van der Waals surface area contributed by atoms with Crippen LogP contribution in [-0.4, -0.2) is 43.6 Å². The smallest absolute Gasteiger partial charge is 0.303 e. The summed E-state index contributed by atoms with van der Waals surface area (Å²) in [5.74, 6) is -0.663. The van der Waals surface area contributed by atoms with E-state index in [4.69, 9.17) is 5.11 Å². The molecule has 1 fully saturated rings. The van der Waals surface area contributed by atoms with Crippen molar-refractivity contribution >= 4 is 5.97 Å². The summed E-state index contributed by atoms with van der Waals surface area (Å²) in [5, 5.41) is 29.1. The Morgan fingerprint density at radius 2 is 1.38 bits per heavy atom. The molecule has 5 heteroatoms. The highest BCUT2D eigenvalue weighted by atomic mass is 16.5. The number of carboxylic acids is 1. The van der Waals surface area contributed by atoms with E-state index in [0.29, 0.717) is 19.3 Å². The first-order valence-electron chi connectivity index (χ1n) is 9.42. The van der Waals surface area contributed by atoms with E-state index in [-0.39, 0.29) is 17.2 Å². The maximum Gasteiger partial charge on any atom is 0.303 e. The topological polar surface area (TPSA) is 81.0 Å². The van der Waals surface area contributed by atoms with Crippen molar-refractivity contribution < 1.29 is 20.2 Å². The van der Waals surface area contributed by atoms with Crippen molar-refractivity contribution in [2.45, 2.75) is 116 Å². The van der Waals surface area contributed by atoms with Crippen LogP contribution in [0.4, 0.5) is 0 Å². The third-order valence-corrected chi connectivity index (χ3v) is 4.61. The molecule has 144 valence electrons. The Labute approximate surface area is 148 Å². The van der Waals surface area contributed by atoms with Gasteiger partial charge in [0.25, 0.3) is 0 Å². The molecular weight excluding hydrogens is 306 g/mol. The quantitative estimate of drug-likeness (QED) is 0.560. The largest absolute Gasteiger partial charge is 0.481 e. The fourth-order valence-electron chi connectivity index (χ4n) is 3.45. The Morgan fingerprint density at radius 3 is 1.79 bits per heavy atom. The third kappa shape index (κ3) is 9.60. The number of piperidine rings is 1. The first-order valence-corrected chi connectivity index (χ1v) is 9.42. The van der Waals surface area contributed by atoms with Crippen LogP contribution >= 0.6 is 0 Å². The van der Waals surface area contributed by atoms with Crippen molar-refractivity contribution in [3.8, 4) is 0 Å². The molecule has 24 heavy (non-hydrogen) atoms. The molecule has 1 aliphatic rings. The molecule has 1 aliphatic heterocycles. The maximum absolute atomic E-state index is 10.1. The van der Waals surface area contributed by atoms with Crippen molar-refractivity contribution in [3.63, 3.8) is 0 Å². The van der Waals surface area contributed by atoms with Crippen molar-refractivity contribution in [3.05, 3.63) is 0 Å². The second-order valence-corrected chi connectivity index (χ2v) is 8.26. The van der Waals surface area contributed by atoms with Gasteiger partial charge in [-0.3, -0.25) is 4.79 Å². The summed E-state index contributed by atoms with van der Waals surface area (Å²) in [7, 11) is 0. The number of aliphatic hydroxyl groups excluding tert-OH is 1. The number of hydrogen-bond acceptors (Lipinski definition) is 4. The van der Waals surface area contributed by atoms with E-state index >= 15 is 0 Å². The van der Waals surface area contributed by atoms with Crippen LogP contribution in [0.3, 0.4) is 0 Å². The van der Waals surface area contributed by atoms with Gasteiger partial charge in [-0.05, 0) is 47.0 Å². The number of aliphatic hydroxyl groups is 1. The van der Waals surface area contributed by atoms with E-state index in [1.165, 1.54) is 37.2 Å². The van der Waals surface area contributed by atoms with Crippen LogP contribution in [0.5, 0.6) is 0 Å². The fraction of sp³-hybridized carbons (Fsp3) is 0.947. The van der Waals surface area contributed by atoms with E-state index in [0.717, 1.165) is 12.8 Å². The predicted molar refractivity (Wildman–Crippen MR) is 97.3 cm³/mol. The van der Waals surface area contributed by atoms with Crippen molar-refractivity contribution in [2.75, 3.05) is 0 Å². The Balaban J connectivity index is 0.000000441. The zero-order valence-electron chi connectivity index (χ0n) is 16.3. The lowest BCUT2D eigenvalue weighted by molar-refractivity contribution is -0.257. The first-order chi connectivity index (χ1) is 11.0. The summed E-state index contributed by atoms with van der Waals surface area (Å²) in [4.78, 5) is 10.1. The maximum atomic E-state index is 10.1. The van der Waals surface area contributed by atoms with E-state index < -0.39 is 5.97 Å². The van der Waals surface area contributed by atoms with Crippen molar-refractivity contribution in [1.29, 1.82) is 0 Å². The number of hydrogen-bond donors (Lipinski definition) is 3. The average molecular weight is 346 g/mol. The standard InChI is InChI=1S/C10H20O2.C9H19NO2/c1-2-3-4-5-6-7-8-9-10(11)12;1-8(2)5-7(11)6-9(3,4)10(8)12/h2-9H2,1H3,(H,11,12);7,11-12H,5-6H2,1-4H3. The number of carboxylic acid groups (broad SMARTS) is 1. The Bertz CT molecular complexity index is 337. The Morgan fingerprint density at radius 1 is 0.958 bits per heavy atom. The summed E-state index contributed by atoms with van der Waals surface area (Å²) in [5.41, 5.74) is -0.637. The van der Waals surface area contributed by atoms with Crippen LogP contribution in [0.1, 0.15) is 98.8 Å². The van der Waals surface area contributed by atoms with Crippen LogP contribution in [0.2, 0.25) is 0 Å².